The quantitative estimate of drug-likeness (QED) is 0.693. The van der Waals surface area contributed by atoms with E-state index < -0.39 is 5.41 Å². The Bertz CT molecular complexity index is 948. The molecule has 28 heavy (non-hydrogen) atoms. The van der Waals surface area contributed by atoms with Crippen LogP contribution in [0.1, 0.15) is 32.2 Å². The topological polar surface area (TPSA) is 114 Å². The van der Waals surface area contributed by atoms with Crippen molar-refractivity contribution in [3.63, 3.8) is 0 Å². The van der Waals surface area contributed by atoms with Gasteiger partial charge in [-0.1, -0.05) is 43.3 Å². The molecule has 3 aromatic rings. The van der Waals surface area contributed by atoms with Crippen LogP contribution < -0.4 is 10.6 Å². The molecule has 0 spiro atoms. The van der Waals surface area contributed by atoms with Crippen molar-refractivity contribution in [1.29, 1.82) is 0 Å². The van der Waals surface area contributed by atoms with Gasteiger partial charge in [0.15, 0.2) is 5.82 Å². The zero-order chi connectivity index (χ0) is 19.9. The Morgan fingerprint density at radius 1 is 1.14 bits per heavy atom. The minimum absolute atomic E-state index is 0.241. The Balaban J connectivity index is 1.64. The summed E-state index contributed by atoms with van der Waals surface area (Å²) in [6, 6.07) is 8.70. The van der Waals surface area contributed by atoms with Gasteiger partial charge in [-0.3, -0.25) is 0 Å². The maximum absolute atomic E-state index is 9.50. The van der Waals surface area contributed by atoms with Crippen LogP contribution in [0.25, 0.3) is 11.1 Å². The predicted molar refractivity (Wildman–Crippen MR) is 106 cm³/mol. The zero-order valence-corrected chi connectivity index (χ0v) is 16.2. The van der Waals surface area contributed by atoms with Gasteiger partial charge in [-0.25, -0.2) is 9.97 Å². The molecule has 1 aliphatic rings. The van der Waals surface area contributed by atoms with E-state index in [1.165, 1.54) is 0 Å². The van der Waals surface area contributed by atoms with E-state index in [0.717, 1.165) is 16.7 Å². The average molecular weight is 380 g/mol. The Morgan fingerprint density at radius 3 is 2.36 bits per heavy atom. The first-order valence-electron chi connectivity index (χ1n) is 9.33. The first kappa shape index (κ1) is 18.4. The van der Waals surface area contributed by atoms with Crippen LogP contribution in [0.2, 0.25) is 0 Å². The summed E-state index contributed by atoms with van der Waals surface area (Å²) in [4.78, 5) is 14.6. The number of nitrogen functional groups attached to an aromatic ring is 1. The second-order valence-corrected chi connectivity index (χ2v) is 7.72. The molecular weight excluding hydrogens is 356 g/mol. The summed E-state index contributed by atoms with van der Waals surface area (Å²) in [6.45, 7) is 7.46. The third kappa shape index (κ3) is 3.09. The maximum Gasteiger partial charge on any atom is 0.324 e. The van der Waals surface area contributed by atoms with Crippen molar-refractivity contribution in [1.82, 2.24) is 20.1 Å². The molecule has 1 atom stereocenters. The number of hydrogen-bond acceptors (Lipinski definition) is 8. The number of rotatable bonds is 5. The molecule has 3 heterocycles. The van der Waals surface area contributed by atoms with Crippen LogP contribution in [0.3, 0.4) is 0 Å². The van der Waals surface area contributed by atoms with Gasteiger partial charge in [0, 0.05) is 18.0 Å². The number of aliphatic hydroxyl groups excluding tert-OH is 1. The van der Waals surface area contributed by atoms with Gasteiger partial charge in [0.2, 0.25) is 5.95 Å². The summed E-state index contributed by atoms with van der Waals surface area (Å²) in [5, 5.41) is 13.8. The standard InChI is InChI=1S/C20H24N6O2/c1-12(2)20(3,17-24-19(28-25-17)26-10-16(27)11-26)15-6-4-13(5-7-15)14-8-22-18(21)23-9-14/h4-9,12,16,27H,10-11H2,1-3H3,(H2,21,22,23). The van der Waals surface area contributed by atoms with E-state index in [1.54, 1.807) is 12.4 Å². The molecule has 2 aromatic heterocycles. The lowest BCUT2D eigenvalue weighted by Gasteiger charge is -2.34. The highest BCUT2D eigenvalue weighted by Crippen LogP contribution is 2.39. The van der Waals surface area contributed by atoms with Gasteiger partial charge in [-0.05, 0) is 24.0 Å². The third-order valence-electron chi connectivity index (χ3n) is 5.66. The molecule has 8 heteroatoms. The van der Waals surface area contributed by atoms with Crippen LogP contribution in [0.4, 0.5) is 12.0 Å². The third-order valence-corrected chi connectivity index (χ3v) is 5.66. The minimum atomic E-state index is -0.415. The predicted octanol–water partition coefficient (Wildman–Crippen LogP) is 2.25. The van der Waals surface area contributed by atoms with Crippen molar-refractivity contribution >= 4 is 12.0 Å². The van der Waals surface area contributed by atoms with Gasteiger partial charge in [-0.2, -0.15) is 4.98 Å². The van der Waals surface area contributed by atoms with Crippen molar-refractivity contribution in [3.8, 4) is 11.1 Å². The number of aliphatic hydroxyl groups is 1. The molecule has 4 rings (SSSR count). The lowest BCUT2D eigenvalue weighted by atomic mass is 9.72. The highest BCUT2D eigenvalue weighted by atomic mass is 16.5. The summed E-state index contributed by atoms with van der Waals surface area (Å²) in [5.74, 6) is 1.14. The van der Waals surface area contributed by atoms with Crippen molar-refractivity contribution in [2.24, 2.45) is 5.92 Å². The molecule has 1 aliphatic heterocycles. The fourth-order valence-electron chi connectivity index (χ4n) is 3.38. The molecule has 8 nitrogen and oxygen atoms in total. The number of β-amino-alcohol motifs (C(OH)–C–C–N with tert-alkyl or cyclic N) is 1. The van der Waals surface area contributed by atoms with Crippen LogP contribution in [0, 0.1) is 5.92 Å². The van der Waals surface area contributed by atoms with Crippen molar-refractivity contribution < 1.29 is 9.63 Å². The van der Waals surface area contributed by atoms with Crippen molar-refractivity contribution in [2.45, 2.75) is 32.3 Å². The first-order valence-corrected chi connectivity index (χ1v) is 9.33. The number of aromatic nitrogens is 4. The molecule has 1 saturated heterocycles. The van der Waals surface area contributed by atoms with E-state index in [1.807, 2.05) is 17.0 Å². The largest absolute Gasteiger partial charge is 0.389 e. The first-order chi connectivity index (χ1) is 13.4. The SMILES string of the molecule is CC(C)C(C)(c1ccc(-c2cnc(N)nc2)cc1)c1noc(N2CC(O)C2)n1. The van der Waals surface area contributed by atoms with Crippen LogP contribution in [-0.4, -0.2) is 44.4 Å². The van der Waals surface area contributed by atoms with E-state index in [9.17, 15) is 5.11 Å². The fourth-order valence-corrected chi connectivity index (χ4v) is 3.38. The number of nitrogens with two attached hydrogens (primary N) is 1. The van der Waals surface area contributed by atoms with Crippen molar-refractivity contribution in [3.05, 3.63) is 48.0 Å². The molecule has 0 bridgehead atoms. The van der Waals surface area contributed by atoms with Crippen LogP contribution in [-0.2, 0) is 5.41 Å². The Labute approximate surface area is 163 Å². The number of benzene rings is 1. The average Bonchev–Trinajstić information content (AvgIpc) is 3.15. The summed E-state index contributed by atoms with van der Waals surface area (Å²) < 4.78 is 5.46. The lowest BCUT2D eigenvalue weighted by Crippen LogP contribution is -2.51. The highest BCUT2D eigenvalue weighted by molar-refractivity contribution is 5.62. The molecule has 3 N–H and O–H groups in total. The second kappa shape index (κ2) is 6.87. The summed E-state index contributed by atoms with van der Waals surface area (Å²) in [7, 11) is 0. The molecule has 0 aliphatic carbocycles. The van der Waals surface area contributed by atoms with Gasteiger partial charge < -0.3 is 20.3 Å². The molecule has 1 aromatic carbocycles. The molecule has 1 unspecified atom stereocenters. The molecule has 0 amide bonds. The minimum Gasteiger partial charge on any atom is -0.389 e. The number of hydrogen-bond donors (Lipinski definition) is 2. The van der Waals surface area contributed by atoms with E-state index >= 15 is 0 Å². The van der Waals surface area contributed by atoms with Gasteiger partial charge in [0.05, 0.1) is 24.6 Å². The van der Waals surface area contributed by atoms with E-state index in [4.69, 9.17) is 10.3 Å². The normalized spacial score (nSPS) is 16.8. The maximum atomic E-state index is 9.50. The van der Waals surface area contributed by atoms with E-state index in [-0.39, 0.29) is 18.0 Å². The monoisotopic (exact) mass is 380 g/mol. The highest BCUT2D eigenvalue weighted by Gasteiger charge is 2.39. The Morgan fingerprint density at radius 2 is 1.79 bits per heavy atom. The molecule has 1 fully saturated rings. The second-order valence-electron chi connectivity index (χ2n) is 7.72. The summed E-state index contributed by atoms with van der Waals surface area (Å²) in [5.41, 5.74) is 8.17. The molecule has 0 radical (unpaired) electrons. The van der Waals surface area contributed by atoms with Gasteiger partial charge >= 0.3 is 6.01 Å². The molecular formula is C20H24N6O2. The Kier molecular flexibility index (Phi) is 4.50. The smallest absolute Gasteiger partial charge is 0.324 e. The lowest BCUT2D eigenvalue weighted by molar-refractivity contribution is 0.135. The van der Waals surface area contributed by atoms with Crippen LogP contribution >= 0.6 is 0 Å². The number of nitrogens with zero attached hydrogens (tertiary/aromatic N) is 5. The van der Waals surface area contributed by atoms with Crippen molar-refractivity contribution in [2.75, 3.05) is 23.7 Å². The van der Waals surface area contributed by atoms with E-state index in [2.05, 4.69) is 53.0 Å². The zero-order valence-electron chi connectivity index (χ0n) is 16.2. The molecule has 146 valence electrons. The Hall–Kier alpha value is -3.00. The van der Waals surface area contributed by atoms with Gasteiger partial charge in [-0.15, -0.1) is 0 Å². The van der Waals surface area contributed by atoms with Gasteiger partial charge in [0.1, 0.15) is 0 Å². The fraction of sp³-hybridized carbons (Fsp3) is 0.400. The van der Waals surface area contributed by atoms with E-state index in [0.29, 0.717) is 24.9 Å². The van der Waals surface area contributed by atoms with Gasteiger partial charge in [0.25, 0.3) is 0 Å². The molecule has 0 saturated carbocycles. The number of anilines is 2. The summed E-state index contributed by atoms with van der Waals surface area (Å²) >= 11 is 0. The van der Waals surface area contributed by atoms with Crippen LogP contribution in [0.5, 0.6) is 0 Å². The van der Waals surface area contributed by atoms with Crippen LogP contribution in [0.15, 0.2) is 41.2 Å². The summed E-state index contributed by atoms with van der Waals surface area (Å²) in [6.07, 6.45) is 3.11.